The van der Waals surface area contributed by atoms with Gasteiger partial charge in [-0.2, -0.15) is 0 Å². The van der Waals surface area contributed by atoms with Gasteiger partial charge >= 0.3 is 0 Å². The van der Waals surface area contributed by atoms with Crippen molar-refractivity contribution in [2.75, 3.05) is 12.3 Å². The number of benzene rings is 1. The van der Waals surface area contributed by atoms with Gasteiger partial charge in [-0.3, -0.25) is 4.79 Å². The minimum atomic E-state index is -0.846. The number of carbonyl (C=O) groups is 1. The largest absolute Gasteiger partial charge is 0.396 e. The lowest BCUT2D eigenvalue weighted by Gasteiger charge is -2.32. The highest BCUT2D eigenvalue weighted by molar-refractivity contribution is 5.95. The minimum Gasteiger partial charge on any atom is -0.396 e. The van der Waals surface area contributed by atoms with E-state index in [0.717, 1.165) is 25.0 Å². The Morgan fingerprint density at radius 2 is 1.81 bits per heavy atom. The van der Waals surface area contributed by atoms with Crippen molar-refractivity contribution in [3.8, 4) is 0 Å². The first kappa shape index (κ1) is 17.4. The summed E-state index contributed by atoms with van der Waals surface area (Å²) >= 11 is 0. The number of halogens is 2. The fourth-order valence-corrected chi connectivity index (χ4v) is 2.44. The third kappa shape index (κ3) is 4.16. The molecule has 1 aromatic carbocycles. The molecule has 0 aromatic heterocycles. The molecule has 0 atom stereocenters. The standard InChI is InChI=1S/C16H24F2N2O/c1-5-12(6-2)20(9-10(3)4)16(21)13-7-11(17)8-14(19)15(13)18/h7-8,10,12H,5-6,9,19H2,1-4H3. The lowest BCUT2D eigenvalue weighted by atomic mass is 10.0. The van der Waals surface area contributed by atoms with Crippen LogP contribution in [-0.4, -0.2) is 23.4 Å². The smallest absolute Gasteiger partial charge is 0.257 e. The van der Waals surface area contributed by atoms with E-state index in [4.69, 9.17) is 5.73 Å². The topological polar surface area (TPSA) is 46.3 Å². The summed E-state index contributed by atoms with van der Waals surface area (Å²) in [4.78, 5) is 14.3. The third-order valence-electron chi connectivity index (χ3n) is 3.50. The van der Waals surface area contributed by atoms with Crippen molar-refractivity contribution in [3.63, 3.8) is 0 Å². The number of nitrogens with two attached hydrogens (primary N) is 1. The second-order valence-electron chi connectivity index (χ2n) is 5.68. The highest BCUT2D eigenvalue weighted by Crippen LogP contribution is 2.22. The summed E-state index contributed by atoms with van der Waals surface area (Å²) in [6.07, 6.45) is 1.53. The molecule has 0 spiro atoms. The molecule has 3 nitrogen and oxygen atoms in total. The predicted octanol–water partition coefficient (Wildman–Crippen LogP) is 3.83. The normalized spacial score (nSPS) is 11.2. The lowest BCUT2D eigenvalue weighted by molar-refractivity contribution is 0.0635. The van der Waals surface area contributed by atoms with Crippen LogP contribution < -0.4 is 5.73 Å². The molecule has 0 aliphatic heterocycles. The molecule has 0 aliphatic rings. The van der Waals surface area contributed by atoms with Crippen LogP contribution in [0.1, 0.15) is 50.9 Å². The van der Waals surface area contributed by atoms with Gasteiger partial charge in [0.15, 0.2) is 5.82 Å². The average molecular weight is 298 g/mol. The van der Waals surface area contributed by atoms with E-state index in [-0.39, 0.29) is 23.2 Å². The van der Waals surface area contributed by atoms with Gasteiger partial charge < -0.3 is 10.6 Å². The molecule has 0 saturated heterocycles. The summed E-state index contributed by atoms with van der Waals surface area (Å²) in [7, 11) is 0. The van der Waals surface area contributed by atoms with Crippen LogP contribution >= 0.6 is 0 Å². The maximum atomic E-state index is 14.1. The SMILES string of the molecule is CCC(CC)N(CC(C)C)C(=O)c1cc(F)cc(N)c1F. The molecule has 21 heavy (non-hydrogen) atoms. The van der Waals surface area contributed by atoms with Crippen molar-refractivity contribution in [1.82, 2.24) is 4.90 Å². The van der Waals surface area contributed by atoms with Gasteiger partial charge in [0.1, 0.15) is 5.82 Å². The lowest BCUT2D eigenvalue weighted by Crippen LogP contribution is -2.42. The van der Waals surface area contributed by atoms with Gasteiger partial charge in [-0.15, -0.1) is 0 Å². The van der Waals surface area contributed by atoms with E-state index >= 15 is 0 Å². The summed E-state index contributed by atoms with van der Waals surface area (Å²) in [5.74, 6) is -1.81. The van der Waals surface area contributed by atoms with E-state index in [9.17, 15) is 13.6 Å². The Morgan fingerprint density at radius 1 is 1.24 bits per heavy atom. The Labute approximate surface area is 125 Å². The molecule has 0 saturated carbocycles. The highest BCUT2D eigenvalue weighted by atomic mass is 19.1. The molecule has 1 amide bonds. The van der Waals surface area contributed by atoms with E-state index in [0.29, 0.717) is 6.54 Å². The number of hydrogen-bond donors (Lipinski definition) is 1. The highest BCUT2D eigenvalue weighted by Gasteiger charge is 2.26. The van der Waals surface area contributed by atoms with E-state index < -0.39 is 17.5 Å². The van der Waals surface area contributed by atoms with Crippen molar-refractivity contribution < 1.29 is 13.6 Å². The quantitative estimate of drug-likeness (QED) is 0.811. The van der Waals surface area contributed by atoms with E-state index in [1.165, 1.54) is 0 Å². The van der Waals surface area contributed by atoms with Gasteiger partial charge in [0.05, 0.1) is 11.3 Å². The molecular formula is C16H24F2N2O. The van der Waals surface area contributed by atoms with Crippen LogP contribution in [0.4, 0.5) is 14.5 Å². The molecule has 0 aliphatic carbocycles. The number of carbonyl (C=O) groups excluding carboxylic acids is 1. The zero-order valence-corrected chi connectivity index (χ0v) is 13.1. The number of hydrogen-bond acceptors (Lipinski definition) is 2. The molecule has 0 bridgehead atoms. The van der Waals surface area contributed by atoms with E-state index in [2.05, 4.69) is 0 Å². The van der Waals surface area contributed by atoms with Crippen molar-refractivity contribution in [3.05, 3.63) is 29.3 Å². The van der Waals surface area contributed by atoms with E-state index in [1.54, 1.807) is 4.90 Å². The van der Waals surface area contributed by atoms with Crippen LogP contribution in [0, 0.1) is 17.6 Å². The van der Waals surface area contributed by atoms with Gasteiger partial charge in [0, 0.05) is 12.6 Å². The van der Waals surface area contributed by atoms with Crippen LogP contribution in [0.3, 0.4) is 0 Å². The Bertz CT molecular complexity index is 499. The van der Waals surface area contributed by atoms with Crippen molar-refractivity contribution in [2.45, 2.75) is 46.6 Å². The second kappa shape index (κ2) is 7.38. The number of nitrogens with zero attached hydrogens (tertiary/aromatic N) is 1. The molecule has 1 aromatic rings. The molecule has 0 heterocycles. The van der Waals surface area contributed by atoms with Gasteiger partial charge in [0.2, 0.25) is 0 Å². The zero-order valence-electron chi connectivity index (χ0n) is 13.1. The molecule has 1 rings (SSSR count). The van der Waals surface area contributed by atoms with Crippen LogP contribution in [0.2, 0.25) is 0 Å². The molecule has 118 valence electrons. The Kier molecular flexibility index (Phi) is 6.12. The van der Waals surface area contributed by atoms with Crippen molar-refractivity contribution in [2.24, 2.45) is 5.92 Å². The molecule has 0 unspecified atom stereocenters. The molecule has 0 radical (unpaired) electrons. The number of rotatable bonds is 6. The predicted molar refractivity (Wildman–Crippen MR) is 81.0 cm³/mol. The maximum absolute atomic E-state index is 14.1. The first-order valence-electron chi connectivity index (χ1n) is 7.37. The average Bonchev–Trinajstić information content (AvgIpc) is 2.41. The molecule has 2 N–H and O–H groups in total. The number of amides is 1. The summed E-state index contributed by atoms with van der Waals surface area (Å²) < 4.78 is 27.5. The van der Waals surface area contributed by atoms with Gasteiger partial charge in [-0.25, -0.2) is 8.78 Å². The zero-order chi connectivity index (χ0) is 16.2. The summed E-state index contributed by atoms with van der Waals surface area (Å²) in [6.45, 7) is 8.43. The molecule has 5 heteroatoms. The van der Waals surface area contributed by atoms with Gasteiger partial charge in [0.25, 0.3) is 5.91 Å². The van der Waals surface area contributed by atoms with Crippen molar-refractivity contribution >= 4 is 11.6 Å². The number of anilines is 1. The second-order valence-corrected chi connectivity index (χ2v) is 5.68. The van der Waals surface area contributed by atoms with Gasteiger partial charge in [-0.05, 0) is 30.9 Å². The van der Waals surface area contributed by atoms with Crippen LogP contribution in [0.5, 0.6) is 0 Å². The fourth-order valence-electron chi connectivity index (χ4n) is 2.44. The summed E-state index contributed by atoms with van der Waals surface area (Å²) in [5.41, 5.74) is 4.78. The summed E-state index contributed by atoms with van der Waals surface area (Å²) in [5, 5.41) is 0. The van der Waals surface area contributed by atoms with E-state index in [1.807, 2.05) is 27.7 Å². The molecular weight excluding hydrogens is 274 g/mol. The Balaban J connectivity index is 3.22. The third-order valence-corrected chi connectivity index (χ3v) is 3.50. The molecule has 0 fully saturated rings. The van der Waals surface area contributed by atoms with Crippen LogP contribution in [0.15, 0.2) is 12.1 Å². The fraction of sp³-hybridized carbons (Fsp3) is 0.562. The van der Waals surface area contributed by atoms with Gasteiger partial charge in [-0.1, -0.05) is 27.7 Å². The Hall–Kier alpha value is -1.65. The monoisotopic (exact) mass is 298 g/mol. The Morgan fingerprint density at radius 3 is 2.29 bits per heavy atom. The minimum absolute atomic E-state index is 0.00351. The number of nitrogen functional groups attached to an aromatic ring is 1. The van der Waals surface area contributed by atoms with Crippen LogP contribution in [0.25, 0.3) is 0 Å². The summed E-state index contributed by atoms with van der Waals surface area (Å²) in [6, 6.07) is 1.81. The first-order valence-corrected chi connectivity index (χ1v) is 7.37. The first-order chi connectivity index (χ1) is 9.81. The maximum Gasteiger partial charge on any atom is 0.257 e. The van der Waals surface area contributed by atoms with Crippen LogP contribution in [-0.2, 0) is 0 Å². The van der Waals surface area contributed by atoms with Crippen molar-refractivity contribution in [1.29, 1.82) is 0 Å².